The molecule has 2 heteroatoms. The van der Waals surface area contributed by atoms with Gasteiger partial charge in [0.15, 0.2) is 0 Å². The van der Waals surface area contributed by atoms with Crippen molar-refractivity contribution in [1.82, 2.24) is 4.90 Å². The quantitative estimate of drug-likeness (QED) is 0.881. The van der Waals surface area contributed by atoms with E-state index < -0.39 is 0 Å². The number of hydrogen-bond acceptors (Lipinski definition) is 2. The van der Waals surface area contributed by atoms with Gasteiger partial charge in [0.05, 0.1) is 6.04 Å². The molecule has 0 amide bonds. The highest BCUT2D eigenvalue weighted by Gasteiger charge is 2.38. The zero-order chi connectivity index (χ0) is 13.4. The Morgan fingerprint density at radius 2 is 1.84 bits per heavy atom. The van der Waals surface area contributed by atoms with Gasteiger partial charge in [-0.05, 0) is 62.8 Å². The average Bonchev–Trinajstić information content (AvgIpc) is 3.20. The molecule has 0 radical (unpaired) electrons. The fraction of sp³-hybridized carbons (Fsp3) is 0.647. The zero-order valence-electron chi connectivity index (χ0n) is 12.2. The molecule has 1 heterocycles. The lowest BCUT2D eigenvalue weighted by Gasteiger charge is -2.34. The topological polar surface area (TPSA) is 29.3 Å². The number of hydrogen-bond donors (Lipinski definition) is 1. The van der Waals surface area contributed by atoms with Crippen molar-refractivity contribution in [3.63, 3.8) is 0 Å². The van der Waals surface area contributed by atoms with Crippen LogP contribution in [0.4, 0.5) is 0 Å². The summed E-state index contributed by atoms with van der Waals surface area (Å²) >= 11 is 0. The maximum atomic E-state index is 6.51. The minimum atomic E-state index is 0.296. The number of nitrogens with zero attached hydrogens (tertiary/aromatic N) is 1. The molecule has 2 nitrogen and oxygen atoms in total. The van der Waals surface area contributed by atoms with E-state index in [1.807, 2.05) is 0 Å². The van der Waals surface area contributed by atoms with Crippen LogP contribution >= 0.6 is 0 Å². The molecular weight excluding hydrogens is 232 g/mol. The normalized spacial score (nSPS) is 29.2. The predicted molar refractivity (Wildman–Crippen MR) is 80.2 cm³/mol. The van der Waals surface area contributed by atoms with Gasteiger partial charge in [-0.25, -0.2) is 0 Å². The maximum Gasteiger partial charge on any atom is 0.0502 e. The van der Waals surface area contributed by atoms with Crippen molar-refractivity contribution in [1.29, 1.82) is 0 Å². The highest BCUT2D eigenvalue weighted by atomic mass is 15.2. The molecule has 0 aromatic heterocycles. The van der Waals surface area contributed by atoms with Gasteiger partial charge < -0.3 is 5.73 Å². The smallest absolute Gasteiger partial charge is 0.0502 e. The van der Waals surface area contributed by atoms with Crippen LogP contribution in [0.25, 0.3) is 0 Å². The Labute approximate surface area is 117 Å². The first-order chi connectivity index (χ1) is 9.16. The number of aryl methyl sites for hydroxylation is 2. The van der Waals surface area contributed by atoms with E-state index in [1.165, 1.54) is 55.3 Å². The Balaban J connectivity index is 1.93. The summed E-state index contributed by atoms with van der Waals surface area (Å²) in [5, 5.41) is 0. The van der Waals surface area contributed by atoms with Crippen LogP contribution in [-0.4, -0.2) is 23.5 Å². The second-order valence-corrected chi connectivity index (χ2v) is 6.42. The van der Waals surface area contributed by atoms with Crippen LogP contribution in [0.5, 0.6) is 0 Å². The highest BCUT2D eigenvalue weighted by molar-refractivity contribution is 5.33. The standard InChI is InChI=1S/C17H26N2/c1-12-6-7-14(11-13(12)2)17-16(18)5-3-4-10-19(17)15-8-9-15/h6-7,11,15-17H,3-5,8-10,18H2,1-2H3. The van der Waals surface area contributed by atoms with Crippen molar-refractivity contribution in [3.05, 3.63) is 34.9 Å². The second kappa shape index (κ2) is 5.26. The summed E-state index contributed by atoms with van der Waals surface area (Å²) in [6, 6.07) is 8.46. The van der Waals surface area contributed by atoms with Crippen molar-refractivity contribution in [2.75, 3.05) is 6.54 Å². The van der Waals surface area contributed by atoms with E-state index in [9.17, 15) is 0 Å². The molecule has 1 aliphatic heterocycles. The Bertz CT molecular complexity index is 451. The Morgan fingerprint density at radius 3 is 2.53 bits per heavy atom. The highest BCUT2D eigenvalue weighted by Crippen LogP contribution is 2.38. The third kappa shape index (κ3) is 2.70. The van der Waals surface area contributed by atoms with Crippen LogP contribution in [0.1, 0.15) is 54.8 Å². The average molecular weight is 258 g/mol. The largest absolute Gasteiger partial charge is 0.326 e. The van der Waals surface area contributed by atoms with E-state index in [2.05, 4.69) is 36.9 Å². The number of nitrogens with two attached hydrogens (primary N) is 1. The molecule has 104 valence electrons. The fourth-order valence-electron chi connectivity index (χ4n) is 3.42. The molecule has 2 unspecified atom stereocenters. The van der Waals surface area contributed by atoms with Gasteiger partial charge >= 0.3 is 0 Å². The summed E-state index contributed by atoms with van der Waals surface area (Å²) in [4.78, 5) is 2.70. The van der Waals surface area contributed by atoms with Crippen molar-refractivity contribution in [3.8, 4) is 0 Å². The number of benzene rings is 1. The fourth-order valence-corrected chi connectivity index (χ4v) is 3.42. The minimum Gasteiger partial charge on any atom is -0.326 e. The van der Waals surface area contributed by atoms with Crippen LogP contribution < -0.4 is 5.73 Å². The number of likely N-dealkylation sites (tertiary alicyclic amines) is 1. The molecule has 2 N–H and O–H groups in total. The molecule has 1 aromatic rings. The summed E-state index contributed by atoms with van der Waals surface area (Å²) in [6.07, 6.45) is 6.50. The van der Waals surface area contributed by atoms with Crippen molar-refractivity contribution in [2.24, 2.45) is 5.73 Å². The van der Waals surface area contributed by atoms with Crippen molar-refractivity contribution >= 4 is 0 Å². The van der Waals surface area contributed by atoms with Crippen LogP contribution in [0.3, 0.4) is 0 Å². The van der Waals surface area contributed by atoms with Crippen molar-refractivity contribution in [2.45, 2.75) is 64.1 Å². The lowest BCUT2D eigenvalue weighted by molar-refractivity contribution is 0.175. The summed E-state index contributed by atoms with van der Waals surface area (Å²) in [7, 11) is 0. The first kappa shape index (κ1) is 13.1. The summed E-state index contributed by atoms with van der Waals surface area (Å²) < 4.78 is 0. The van der Waals surface area contributed by atoms with Gasteiger partial charge in [-0.15, -0.1) is 0 Å². The van der Waals surface area contributed by atoms with E-state index in [1.54, 1.807) is 0 Å². The molecule has 1 saturated heterocycles. The van der Waals surface area contributed by atoms with Crippen LogP contribution in [0, 0.1) is 13.8 Å². The Hall–Kier alpha value is -0.860. The molecule has 1 aromatic carbocycles. The molecule has 0 bridgehead atoms. The van der Waals surface area contributed by atoms with Gasteiger partial charge in [0, 0.05) is 12.1 Å². The van der Waals surface area contributed by atoms with Crippen LogP contribution in [0.15, 0.2) is 18.2 Å². The van der Waals surface area contributed by atoms with E-state index in [-0.39, 0.29) is 0 Å². The van der Waals surface area contributed by atoms with Gasteiger partial charge in [-0.3, -0.25) is 4.90 Å². The Morgan fingerprint density at radius 1 is 1.05 bits per heavy atom. The molecular formula is C17H26N2. The lowest BCUT2D eigenvalue weighted by Crippen LogP contribution is -2.41. The molecule has 3 rings (SSSR count). The second-order valence-electron chi connectivity index (χ2n) is 6.42. The lowest BCUT2D eigenvalue weighted by atomic mass is 9.93. The molecule has 2 atom stereocenters. The molecule has 0 spiro atoms. The van der Waals surface area contributed by atoms with Gasteiger partial charge in [-0.2, -0.15) is 0 Å². The predicted octanol–water partition coefficient (Wildman–Crippen LogP) is 3.32. The summed E-state index contributed by atoms with van der Waals surface area (Å²) in [5.74, 6) is 0. The SMILES string of the molecule is Cc1ccc(C2C(N)CCCCN2C2CC2)cc1C. The Kier molecular flexibility index (Phi) is 3.64. The molecule has 1 aliphatic carbocycles. The monoisotopic (exact) mass is 258 g/mol. The van der Waals surface area contributed by atoms with E-state index >= 15 is 0 Å². The third-order valence-corrected chi connectivity index (χ3v) is 4.85. The van der Waals surface area contributed by atoms with E-state index in [0.717, 1.165) is 6.04 Å². The van der Waals surface area contributed by atoms with Gasteiger partial charge in [-0.1, -0.05) is 24.6 Å². The molecule has 2 aliphatic rings. The summed E-state index contributed by atoms with van der Waals surface area (Å²) in [6.45, 7) is 5.63. The zero-order valence-corrected chi connectivity index (χ0v) is 12.2. The molecule has 2 fully saturated rings. The molecule has 1 saturated carbocycles. The third-order valence-electron chi connectivity index (χ3n) is 4.85. The van der Waals surface area contributed by atoms with Crippen LogP contribution in [-0.2, 0) is 0 Å². The molecule has 19 heavy (non-hydrogen) atoms. The van der Waals surface area contributed by atoms with E-state index in [0.29, 0.717) is 12.1 Å². The first-order valence-corrected chi connectivity index (χ1v) is 7.75. The first-order valence-electron chi connectivity index (χ1n) is 7.75. The van der Waals surface area contributed by atoms with Gasteiger partial charge in [0.25, 0.3) is 0 Å². The van der Waals surface area contributed by atoms with E-state index in [4.69, 9.17) is 5.73 Å². The number of rotatable bonds is 2. The van der Waals surface area contributed by atoms with Crippen LogP contribution in [0.2, 0.25) is 0 Å². The minimum absolute atomic E-state index is 0.296. The maximum absolute atomic E-state index is 6.51. The van der Waals surface area contributed by atoms with Gasteiger partial charge in [0.2, 0.25) is 0 Å². The van der Waals surface area contributed by atoms with Gasteiger partial charge in [0.1, 0.15) is 0 Å². The van der Waals surface area contributed by atoms with Crippen molar-refractivity contribution < 1.29 is 0 Å². The summed E-state index contributed by atoms with van der Waals surface area (Å²) in [5.41, 5.74) is 10.7.